The number of para-hydroxylation sites is 4. The molecule has 0 saturated carbocycles. The second-order valence-corrected chi connectivity index (χ2v) is 6.41. The first-order valence-electron chi connectivity index (χ1n) is 7.20. The van der Waals surface area contributed by atoms with Crippen LogP contribution < -0.4 is 5.32 Å². The van der Waals surface area contributed by atoms with Gasteiger partial charge in [0.25, 0.3) is 5.69 Å². The third-order valence-corrected chi connectivity index (χ3v) is 4.37. The van der Waals surface area contributed by atoms with Crippen molar-refractivity contribution in [1.82, 2.24) is 9.97 Å². The van der Waals surface area contributed by atoms with Crippen LogP contribution in [-0.2, 0) is 4.79 Å². The zero-order valence-electron chi connectivity index (χ0n) is 12.7. The lowest BCUT2D eigenvalue weighted by Crippen LogP contribution is -2.23. The van der Waals surface area contributed by atoms with Gasteiger partial charge in [0.1, 0.15) is 5.69 Å². The predicted molar refractivity (Wildman–Crippen MR) is 93.1 cm³/mol. The molecular formula is C16H14N4O3S. The topological polar surface area (TPSA) is 101 Å². The van der Waals surface area contributed by atoms with Crippen molar-refractivity contribution in [3.63, 3.8) is 0 Å². The van der Waals surface area contributed by atoms with Gasteiger partial charge in [-0.25, -0.2) is 4.98 Å². The summed E-state index contributed by atoms with van der Waals surface area (Å²) >= 11 is 1.26. The lowest BCUT2D eigenvalue weighted by Gasteiger charge is -2.10. The summed E-state index contributed by atoms with van der Waals surface area (Å²) < 4.78 is 0. The minimum absolute atomic E-state index is 0.133. The first-order valence-corrected chi connectivity index (χ1v) is 8.08. The highest BCUT2D eigenvalue weighted by molar-refractivity contribution is 8.00. The number of nitro groups is 1. The summed E-state index contributed by atoms with van der Waals surface area (Å²) in [5.41, 5.74) is 1.77. The van der Waals surface area contributed by atoms with E-state index in [4.69, 9.17) is 0 Å². The number of anilines is 1. The first kappa shape index (κ1) is 16.0. The number of thioether (sulfide) groups is 1. The number of benzene rings is 2. The molecule has 122 valence electrons. The number of rotatable bonds is 5. The Morgan fingerprint density at radius 2 is 1.96 bits per heavy atom. The van der Waals surface area contributed by atoms with Gasteiger partial charge in [-0.2, -0.15) is 0 Å². The largest absolute Gasteiger partial charge is 0.333 e. The van der Waals surface area contributed by atoms with Gasteiger partial charge in [-0.1, -0.05) is 36.0 Å². The Morgan fingerprint density at radius 3 is 2.71 bits per heavy atom. The fourth-order valence-corrected chi connectivity index (χ4v) is 3.00. The monoisotopic (exact) mass is 342 g/mol. The molecule has 3 rings (SSSR count). The van der Waals surface area contributed by atoms with Gasteiger partial charge in [0.2, 0.25) is 5.91 Å². The zero-order valence-corrected chi connectivity index (χ0v) is 13.5. The summed E-state index contributed by atoms with van der Waals surface area (Å²) in [6, 6.07) is 13.6. The van der Waals surface area contributed by atoms with Crippen molar-refractivity contribution in [2.75, 3.05) is 5.32 Å². The molecule has 7 nitrogen and oxygen atoms in total. The number of nitro benzene ring substituents is 1. The van der Waals surface area contributed by atoms with Crippen molar-refractivity contribution in [1.29, 1.82) is 0 Å². The number of nitrogens with one attached hydrogen (secondary N) is 2. The molecule has 2 aromatic carbocycles. The Kier molecular flexibility index (Phi) is 4.48. The molecule has 0 fully saturated rings. The van der Waals surface area contributed by atoms with Gasteiger partial charge in [-0.15, -0.1) is 0 Å². The lowest BCUT2D eigenvalue weighted by atomic mass is 10.2. The number of imidazole rings is 1. The maximum atomic E-state index is 12.3. The van der Waals surface area contributed by atoms with Crippen LogP contribution >= 0.6 is 11.8 Å². The number of aromatic nitrogens is 2. The van der Waals surface area contributed by atoms with Crippen LogP contribution in [0.4, 0.5) is 11.4 Å². The predicted octanol–water partition coefficient (Wildman–Crippen LogP) is 3.59. The normalized spacial score (nSPS) is 12.0. The standard InChI is InChI=1S/C16H14N4O3S/c1-10(24-16-18-11-6-2-3-7-12(11)19-16)15(21)17-13-8-4-5-9-14(13)20(22)23/h2-10H,1H3,(H,17,21)(H,18,19). The Balaban J connectivity index is 1.72. The van der Waals surface area contributed by atoms with Crippen LogP contribution in [-0.4, -0.2) is 26.0 Å². The fourth-order valence-electron chi connectivity index (χ4n) is 2.18. The molecule has 0 aliphatic carbocycles. The van der Waals surface area contributed by atoms with Gasteiger partial charge < -0.3 is 10.3 Å². The smallest absolute Gasteiger partial charge is 0.292 e. The van der Waals surface area contributed by atoms with Crippen molar-refractivity contribution >= 4 is 40.1 Å². The Labute approximate surface area is 141 Å². The molecule has 2 N–H and O–H groups in total. The third kappa shape index (κ3) is 3.38. The average Bonchev–Trinajstić information content (AvgIpc) is 2.97. The number of H-pyrrole nitrogens is 1. The molecule has 0 saturated heterocycles. The van der Waals surface area contributed by atoms with Crippen molar-refractivity contribution < 1.29 is 9.72 Å². The van der Waals surface area contributed by atoms with Gasteiger partial charge in [-0.05, 0) is 25.1 Å². The fraction of sp³-hybridized carbons (Fsp3) is 0.125. The number of fused-ring (bicyclic) bond motifs is 1. The van der Waals surface area contributed by atoms with E-state index in [1.54, 1.807) is 19.1 Å². The summed E-state index contributed by atoms with van der Waals surface area (Å²) in [6.07, 6.45) is 0. The minimum Gasteiger partial charge on any atom is -0.333 e. The van der Waals surface area contributed by atoms with Crippen molar-refractivity contribution in [3.05, 3.63) is 58.6 Å². The molecule has 0 bridgehead atoms. The van der Waals surface area contributed by atoms with Crippen LogP contribution in [0.1, 0.15) is 6.92 Å². The first-order chi connectivity index (χ1) is 11.5. The molecule has 1 aromatic heterocycles. The summed E-state index contributed by atoms with van der Waals surface area (Å²) in [7, 11) is 0. The van der Waals surface area contributed by atoms with Gasteiger partial charge in [0.05, 0.1) is 21.2 Å². The van der Waals surface area contributed by atoms with Crippen LogP contribution in [0.3, 0.4) is 0 Å². The average molecular weight is 342 g/mol. The van der Waals surface area contributed by atoms with Gasteiger partial charge >= 0.3 is 0 Å². The lowest BCUT2D eigenvalue weighted by molar-refractivity contribution is -0.383. The van der Waals surface area contributed by atoms with Gasteiger partial charge in [0, 0.05) is 6.07 Å². The highest BCUT2D eigenvalue weighted by atomic mass is 32.2. The van der Waals surface area contributed by atoms with E-state index in [9.17, 15) is 14.9 Å². The van der Waals surface area contributed by atoms with Crippen LogP contribution in [0.5, 0.6) is 0 Å². The molecule has 0 aliphatic heterocycles. The van der Waals surface area contributed by atoms with E-state index in [1.807, 2.05) is 24.3 Å². The number of aromatic amines is 1. The maximum Gasteiger partial charge on any atom is 0.292 e. The highest BCUT2D eigenvalue weighted by Gasteiger charge is 2.20. The van der Waals surface area contributed by atoms with E-state index < -0.39 is 10.2 Å². The van der Waals surface area contributed by atoms with E-state index in [1.165, 1.54) is 23.9 Å². The Bertz CT molecular complexity index is 876. The second-order valence-electron chi connectivity index (χ2n) is 5.08. The quantitative estimate of drug-likeness (QED) is 0.419. The summed E-state index contributed by atoms with van der Waals surface area (Å²) in [6.45, 7) is 1.72. The number of hydrogen-bond donors (Lipinski definition) is 2. The van der Waals surface area contributed by atoms with Crippen LogP contribution in [0, 0.1) is 10.1 Å². The Morgan fingerprint density at radius 1 is 1.25 bits per heavy atom. The molecule has 3 aromatic rings. The van der Waals surface area contributed by atoms with Crippen molar-refractivity contribution in [3.8, 4) is 0 Å². The van der Waals surface area contributed by atoms with E-state index in [0.29, 0.717) is 5.16 Å². The Hall–Kier alpha value is -2.87. The summed E-state index contributed by atoms with van der Waals surface area (Å²) in [5, 5.41) is 13.8. The van der Waals surface area contributed by atoms with Crippen molar-refractivity contribution in [2.45, 2.75) is 17.3 Å². The molecule has 8 heteroatoms. The zero-order chi connectivity index (χ0) is 17.1. The molecule has 24 heavy (non-hydrogen) atoms. The SMILES string of the molecule is CC(Sc1nc2ccccc2[nH]1)C(=O)Nc1ccccc1[N+](=O)[O-]. The molecule has 1 atom stereocenters. The van der Waals surface area contributed by atoms with E-state index in [-0.39, 0.29) is 17.3 Å². The maximum absolute atomic E-state index is 12.3. The van der Waals surface area contributed by atoms with E-state index in [0.717, 1.165) is 11.0 Å². The number of hydrogen-bond acceptors (Lipinski definition) is 5. The van der Waals surface area contributed by atoms with E-state index in [2.05, 4.69) is 15.3 Å². The number of amides is 1. The third-order valence-electron chi connectivity index (χ3n) is 3.38. The molecule has 0 spiro atoms. The molecule has 0 aliphatic rings. The number of carbonyl (C=O) groups is 1. The molecule has 1 unspecified atom stereocenters. The van der Waals surface area contributed by atoms with Crippen molar-refractivity contribution in [2.24, 2.45) is 0 Å². The van der Waals surface area contributed by atoms with Gasteiger partial charge in [0.15, 0.2) is 5.16 Å². The summed E-state index contributed by atoms with van der Waals surface area (Å²) in [4.78, 5) is 30.3. The summed E-state index contributed by atoms with van der Waals surface area (Å²) in [5.74, 6) is -0.324. The van der Waals surface area contributed by atoms with E-state index >= 15 is 0 Å². The van der Waals surface area contributed by atoms with Gasteiger partial charge in [-0.3, -0.25) is 14.9 Å². The number of nitrogens with zero attached hydrogens (tertiary/aromatic N) is 2. The molecule has 1 heterocycles. The van der Waals surface area contributed by atoms with Crippen LogP contribution in [0.2, 0.25) is 0 Å². The highest BCUT2D eigenvalue weighted by Crippen LogP contribution is 2.27. The minimum atomic E-state index is -0.521. The molecular weight excluding hydrogens is 328 g/mol. The number of carbonyl (C=O) groups excluding carboxylic acids is 1. The molecule has 1 amide bonds. The van der Waals surface area contributed by atoms with Crippen LogP contribution in [0.15, 0.2) is 53.7 Å². The molecule has 0 radical (unpaired) electrons. The van der Waals surface area contributed by atoms with Crippen LogP contribution in [0.25, 0.3) is 11.0 Å². The second kappa shape index (κ2) is 6.71.